The van der Waals surface area contributed by atoms with Gasteiger partial charge in [0.15, 0.2) is 0 Å². The van der Waals surface area contributed by atoms with Crippen molar-refractivity contribution in [3.05, 3.63) is 0 Å². The van der Waals surface area contributed by atoms with Gasteiger partial charge in [-0.2, -0.15) is 0 Å². The largest absolute Gasteiger partial charge is 0.141 e. The minimum absolute atomic E-state index is 0.147. The quantitative estimate of drug-likeness (QED) is 0.455. The summed E-state index contributed by atoms with van der Waals surface area (Å²) in [7, 11) is 0. The van der Waals surface area contributed by atoms with Gasteiger partial charge in [-0.25, -0.2) is 0 Å². The normalized spacial score (nSPS) is 39.0. The Morgan fingerprint density at radius 3 is 2.00 bits per heavy atom. The van der Waals surface area contributed by atoms with Crippen molar-refractivity contribution in [2.24, 2.45) is 0 Å². The van der Waals surface area contributed by atoms with Gasteiger partial charge in [0.25, 0.3) is 0 Å². The number of rotatable bonds is 0. The van der Waals surface area contributed by atoms with Crippen molar-refractivity contribution in [3.63, 3.8) is 0 Å². The maximum Gasteiger partial charge on any atom is 0.0377 e. The van der Waals surface area contributed by atoms with Crippen molar-refractivity contribution in [2.75, 3.05) is 0 Å². The van der Waals surface area contributed by atoms with E-state index in [0.29, 0.717) is 0 Å². The number of piperidine rings is 1. The van der Waals surface area contributed by atoms with Crippen LogP contribution in [0.4, 0.5) is 4.48 Å². The monoisotopic (exact) mass is 131 g/mol. The maximum absolute atomic E-state index is 12.8. The molecule has 0 saturated carbocycles. The molecule has 1 nitrogen and oxygen atoms in total. The minimum Gasteiger partial charge on any atom is -0.141 e. The standard InChI is InChI=1S/C7H14FN/c1-6-4-3-5-7(2)9(6)8/h6-7H,3-5H2,1-2H3. The lowest BCUT2D eigenvalue weighted by Gasteiger charge is -2.30. The SMILES string of the molecule is CC1CCCC(C)N1F. The second-order valence-corrected chi connectivity index (χ2v) is 2.97. The molecule has 9 heavy (non-hydrogen) atoms. The van der Waals surface area contributed by atoms with Crippen LogP contribution in [0.5, 0.6) is 0 Å². The highest BCUT2D eigenvalue weighted by atomic mass is 19.2. The van der Waals surface area contributed by atoms with Gasteiger partial charge >= 0.3 is 0 Å². The molecule has 2 heteroatoms. The van der Waals surface area contributed by atoms with Crippen molar-refractivity contribution in [1.29, 1.82) is 0 Å². The van der Waals surface area contributed by atoms with Crippen LogP contribution in [0, 0.1) is 0 Å². The molecule has 1 aliphatic heterocycles. The fourth-order valence-electron chi connectivity index (χ4n) is 1.39. The van der Waals surface area contributed by atoms with E-state index in [2.05, 4.69) is 0 Å². The van der Waals surface area contributed by atoms with Gasteiger partial charge in [0.2, 0.25) is 0 Å². The van der Waals surface area contributed by atoms with E-state index in [4.69, 9.17) is 0 Å². The second kappa shape index (κ2) is 2.65. The zero-order valence-electron chi connectivity index (χ0n) is 6.10. The van der Waals surface area contributed by atoms with E-state index in [0.717, 1.165) is 18.0 Å². The first-order chi connectivity index (χ1) is 4.22. The Bertz CT molecular complexity index is 84.9. The minimum atomic E-state index is 0.147. The van der Waals surface area contributed by atoms with Crippen molar-refractivity contribution < 1.29 is 4.48 Å². The van der Waals surface area contributed by atoms with Gasteiger partial charge in [-0.15, -0.1) is 9.60 Å². The fourth-order valence-corrected chi connectivity index (χ4v) is 1.39. The van der Waals surface area contributed by atoms with Crippen LogP contribution in [0.3, 0.4) is 0 Å². The molecule has 0 amide bonds. The van der Waals surface area contributed by atoms with E-state index in [1.54, 1.807) is 0 Å². The third-order valence-electron chi connectivity index (χ3n) is 2.09. The van der Waals surface area contributed by atoms with Gasteiger partial charge in [0, 0.05) is 12.1 Å². The Kier molecular flexibility index (Phi) is 2.06. The molecule has 0 bridgehead atoms. The van der Waals surface area contributed by atoms with Crippen LogP contribution in [-0.4, -0.2) is 17.2 Å². The topological polar surface area (TPSA) is 3.24 Å². The average molecular weight is 131 g/mol. The molecule has 1 heterocycles. The van der Waals surface area contributed by atoms with Crippen molar-refractivity contribution in [3.8, 4) is 0 Å². The molecule has 0 aromatic rings. The van der Waals surface area contributed by atoms with E-state index < -0.39 is 0 Å². The summed E-state index contributed by atoms with van der Waals surface area (Å²) in [6.07, 6.45) is 3.21. The molecule has 0 aromatic heterocycles. The van der Waals surface area contributed by atoms with E-state index in [-0.39, 0.29) is 12.1 Å². The summed E-state index contributed by atoms with van der Waals surface area (Å²) in [5.41, 5.74) is 0. The van der Waals surface area contributed by atoms with E-state index in [1.807, 2.05) is 13.8 Å². The molecule has 1 fully saturated rings. The summed E-state index contributed by atoms with van der Waals surface area (Å²) in [5.74, 6) is 0. The summed E-state index contributed by atoms with van der Waals surface area (Å²) >= 11 is 0. The van der Waals surface area contributed by atoms with Crippen LogP contribution in [-0.2, 0) is 0 Å². The molecule has 0 N–H and O–H groups in total. The number of nitrogens with zero attached hydrogens (tertiary/aromatic N) is 1. The summed E-state index contributed by atoms with van der Waals surface area (Å²) in [4.78, 5) is 0. The highest BCUT2D eigenvalue weighted by molar-refractivity contribution is 4.72. The number of hydrogen-bond donors (Lipinski definition) is 0. The third-order valence-corrected chi connectivity index (χ3v) is 2.09. The number of hydrogen-bond acceptors (Lipinski definition) is 1. The molecule has 0 radical (unpaired) electrons. The van der Waals surface area contributed by atoms with Crippen molar-refractivity contribution in [2.45, 2.75) is 45.2 Å². The van der Waals surface area contributed by atoms with Crippen LogP contribution in [0.25, 0.3) is 0 Å². The van der Waals surface area contributed by atoms with Crippen LogP contribution < -0.4 is 0 Å². The molecule has 54 valence electrons. The average Bonchev–Trinajstić information content (AvgIpc) is 1.83. The molecular formula is C7H14FN. The Balaban J connectivity index is 2.41. The summed E-state index contributed by atoms with van der Waals surface area (Å²) in [5, 5.41) is 0.976. The first-order valence-corrected chi connectivity index (χ1v) is 3.66. The molecular weight excluding hydrogens is 117 g/mol. The zero-order valence-corrected chi connectivity index (χ0v) is 6.10. The van der Waals surface area contributed by atoms with Crippen LogP contribution in [0.1, 0.15) is 33.1 Å². The third kappa shape index (κ3) is 1.42. The summed E-state index contributed by atoms with van der Waals surface area (Å²) in [6, 6.07) is 0.294. The van der Waals surface area contributed by atoms with Crippen molar-refractivity contribution >= 4 is 0 Å². The molecule has 1 saturated heterocycles. The molecule has 1 rings (SSSR count). The van der Waals surface area contributed by atoms with Crippen LogP contribution in [0.15, 0.2) is 0 Å². The van der Waals surface area contributed by atoms with Gasteiger partial charge in [-0.05, 0) is 26.7 Å². The van der Waals surface area contributed by atoms with Gasteiger partial charge < -0.3 is 0 Å². The van der Waals surface area contributed by atoms with Crippen LogP contribution >= 0.6 is 0 Å². The van der Waals surface area contributed by atoms with Gasteiger partial charge in [0.05, 0.1) is 0 Å². The van der Waals surface area contributed by atoms with E-state index in [1.165, 1.54) is 6.42 Å². The molecule has 0 aromatic carbocycles. The van der Waals surface area contributed by atoms with Crippen molar-refractivity contribution in [1.82, 2.24) is 5.12 Å². The summed E-state index contributed by atoms with van der Waals surface area (Å²) < 4.78 is 12.8. The lowest BCUT2D eigenvalue weighted by atomic mass is 10.0. The van der Waals surface area contributed by atoms with Gasteiger partial charge in [-0.1, -0.05) is 6.42 Å². The molecule has 1 aliphatic rings. The first kappa shape index (κ1) is 7.00. The second-order valence-electron chi connectivity index (χ2n) is 2.97. The Morgan fingerprint density at radius 2 is 1.67 bits per heavy atom. The van der Waals surface area contributed by atoms with E-state index in [9.17, 15) is 4.48 Å². The predicted octanol–water partition coefficient (Wildman–Crippen LogP) is 2.13. The highest BCUT2D eigenvalue weighted by Gasteiger charge is 2.23. The Labute approximate surface area is 55.8 Å². The van der Waals surface area contributed by atoms with Gasteiger partial charge in [0.1, 0.15) is 0 Å². The lowest BCUT2D eigenvalue weighted by Crippen LogP contribution is -2.37. The molecule has 2 atom stereocenters. The van der Waals surface area contributed by atoms with Gasteiger partial charge in [-0.3, -0.25) is 0 Å². The maximum atomic E-state index is 12.8. The molecule has 2 unspecified atom stereocenters. The Hall–Kier alpha value is -0.110. The smallest absolute Gasteiger partial charge is 0.0377 e. The highest BCUT2D eigenvalue weighted by Crippen LogP contribution is 2.21. The first-order valence-electron chi connectivity index (χ1n) is 3.66. The van der Waals surface area contributed by atoms with E-state index >= 15 is 0 Å². The lowest BCUT2D eigenvalue weighted by molar-refractivity contribution is -0.0758. The summed E-state index contributed by atoms with van der Waals surface area (Å²) in [6.45, 7) is 3.88. The van der Waals surface area contributed by atoms with Crippen LogP contribution in [0.2, 0.25) is 0 Å². The molecule has 0 spiro atoms. The molecule has 0 aliphatic carbocycles. The predicted molar refractivity (Wildman–Crippen MR) is 35.7 cm³/mol. The number of halogens is 1. The fraction of sp³-hybridized carbons (Fsp3) is 1.00. The Morgan fingerprint density at radius 1 is 1.22 bits per heavy atom. The zero-order chi connectivity index (χ0) is 6.85.